The topological polar surface area (TPSA) is 0 Å². The Balaban J connectivity index is 2.12. The van der Waals surface area contributed by atoms with Crippen molar-refractivity contribution in [2.45, 2.75) is 32.4 Å². The number of allylic oxidation sites excluding steroid dienone is 2. The molecule has 0 spiro atoms. The lowest BCUT2D eigenvalue weighted by Gasteiger charge is -2.24. The van der Waals surface area contributed by atoms with Gasteiger partial charge in [-0.3, -0.25) is 0 Å². The Morgan fingerprint density at radius 3 is 2.26 bits per heavy atom. The van der Waals surface area contributed by atoms with Gasteiger partial charge in [-0.25, -0.2) is 0 Å². The van der Waals surface area contributed by atoms with Crippen LogP contribution < -0.4 is 0 Å². The number of hydrogen-bond donors (Lipinski definition) is 0. The van der Waals surface area contributed by atoms with Crippen molar-refractivity contribution in [1.29, 1.82) is 0 Å². The molecule has 0 aliphatic heterocycles. The molecule has 1 unspecified atom stereocenters. The highest BCUT2D eigenvalue weighted by molar-refractivity contribution is 7.80. The molecule has 1 aromatic rings. The highest BCUT2D eigenvalue weighted by atomic mass is 32.1. The summed E-state index contributed by atoms with van der Waals surface area (Å²) >= 11 is 5.08. The van der Waals surface area contributed by atoms with Crippen molar-refractivity contribution in [1.82, 2.24) is 0 Å². The molecule has 1 aromatic carbocycles. The average molecular weight is 284 g/mol. The molecule has 0 saturated carbocycles. The zero-order chi connectivity index (χ0) is 14.0. The van der Waals surface area contributed by atoms with Crippen LogP contribution in [-0.2, 0) is 0 Å². The first-order chi connectivity index (χ1) is 8.88. The zero-order valence-electron chi connectivity index (χ0n) is 10.6. The van der Waals surface area contributed by atoms with Crippen molar-refractivity contribution >= 4 is 22.7 Å². The van der Waals surface area contributed by atoms with Crippen LogP contribution in [-0.4, -0.2) is 11.0 Å². The first-order valence-electron chi connectivity index (χ1n) is 6.25. The summed E-state index contributed by atoms with van der Waals surface area (Å²) in [7, 11) is 0. The lowest BCUT2D eigenvalue weighted by atomic mass is 9.86. The second kappa shape index (κ2) is 5.45. The summed E-state index contributed by atoms with van der Waals surface area (Å²) in [5.74, 6) is -1.18. The molecule has 102 valence electrons. The number of halogens is 3. The van der Waals surface area contributed by atoms with Crippen molar-refractivity contribution in [2.24, 2.45) is 5.92 Å². The molecule has 19 heavy (non-hydrogen) atoms. The van der Waals surface area contributed by atoms with Gasteiger partial charge in [0, 0.05) is 4.86 Å². The van der Waals surface area contributed by atoms with E-state index >= 15 is 0 Å². The molecular weight excluding hydrogens is 269 g/mol. The van der Waals surface area contributed by atoms with Crippen LogP contribution in [0.5, 0.6) is 0 Å². The summed E-state index contributed by atoms with van der Waals surface area (Å²) in [5, 5.41) is 0. The molecule has 4 heteroatoms. The average Bonchev–Trinajstić information content (AvgIpc) is 2.38. The van der Waals surface area contributed by atoms with E-state index in [4.69, 9.17) is 12.2 Å². The van der Waals surface area contributed by atoms with Gasteiger partial charge in [-0.05, 0) is 42.9 Å². The van der Waals surface area contributed by atoms with Gasteiger partial charge in [0.2, 0.25) is 0 Å². The minimum atomic E-state index is -4.07. The van der Waals surface area contributed by atoms with Crippen molar-refractivity contribution in [3.63, 3.8) is 0 Å². The summed E-state index contributed by atoms with van der Waals surface area (Å²) in [6, 6.07) is 7.72. The molecule has 1 atom stereocenters. The lowest BCUT2D eigenvalue weighted by Crippen LogP contribution is -2.24. The van der Waals surface area contributed by atoms with E-state index in [1.54, 1.807) is 6.08 Å². The van der Waals surface area contributed by atoms with Crippen LogP contribution >= 0.6 is 12.2 Å². The second-order valence-electron chi connectivity index (χ2n) is 4.88. The van der Waals surface area contributed by atoms with Crippen LogP contribution in [0.25, 0.3) is 5.57 Å². The Kier molecular flexibility index (Phi) is 4.09. The van der Waals surface area contributed by atoms with Crippen LogP contribution in [0.4, 0.5) is 13.2 Å². The summed E-state index contributed by atoms with van der Waals surface area (Å²) in [6.45, 7) is 1.86. The van der Waals surface area contributed by atoms with Crippen molar-refractivity contribution < 1.29 is 13.2 Å². The van der Waals surface area contributed by atoms with Gasteiger partial charge in [-0.15, -0.1) is 0 Å². The lowest BCUT2D eigenvalue weighted by molar-refractivity contribution is -0.175. The zero-order valence-corrected chi connectivity index (χ0v) is 11.4. The van der Waals surface area contributed by atoms with Gasteiger partial charge in [0.15, 0.2) is 0 Å². The summed E-state index contributed by atoms with van der Waals surface area (Å²) in [5.41, 5.74) is 3.00. The molecule has 1 aliphatic carbocycles. The Morgan fingerprint density at radius 1 is 1.21 bits per heavy atom. The molecule has 0 N–H and O–H groups in total. The van der Waals surface area contributed by atoms with E-state index in [1.807, 2.05) is 31.2 Å². The minimum Gasteiger partial charge on any atom is -0.171 e. The normalized spacial score (nSPS) is 20.0. The van der Waals surface area contributed by atoms with E-state index in [0.717, 1.165) is 21.6 Å². The van der Waals surface area contributed by atoms with E-state index < -0.39 is 12.1 Å². The van der Waals surface area contributed by atoms with Crippen LogP contribution in [0.2, 0.25) is 0 Å². The van der Waals surface area contributed by atoms with Gasteiger partial charge >= 0.3 is 6.18 Å². The first kappa shape index (κ1) is 14.3. The van der Waals surface area contributed by atoms with E-state index in [9.17, 15) is 13.2 Å². The van der Waals surface area contributed by atoms with Gasteiger partial charge in [0.05, 0.1) is 5.92 Å². The number of alkyl halides is 3. The molecule has 1 aliphatic rings. The number of hydrogen-bond acceptors (Lipinski definition) is 1. The fourth-order valence-electron chi connectivity index (χ4n) is 2.31. The number of rotatable bonds is 2. The fourth-order valence-corrected chi connectivity index (χ4v) is 2.45. The summed E-state index contributed by atoms with van der Waals surface area (Å²) in [6.07, 6.45) is -1.59. The number of thiocarbonyl (C=S) groups is 1. The van der Waals surface area contributed by atoms with Crippen molar-refractivity contribution in [2.75, 3.05) is 0 Å². The Bertz CT molecular complexity index is 497. The third kappa shape index (κ3) is 3.44. The SMILES string of the molecule is CC(=S)c1ccc(C2=CCC(C(F)(F)F)CC2)cc1. The van der Waals surface area contributed by atoms with Crippen LogP contribution in [0.3, 0.4) is 0 Å². The molecule has 0 bridgehead atoms. The van der Waals surface area contributed by atoms with Gasteiger partial charge in [-0.2, -0.15) is 13.2 Å². The Labute approximate surface area is 116 Å². The molecule has 0 radical (unpaired) electrons. The van der Waals surface area contributed by atoms with Gasteiger partial charge < -0.3 is 0 Å². The molecule has 0 fully saturated rings. The molecule has 0 aromatic heterocycles. The van der Waals surface area contributed by atoms with Gasteiger partial charge in [0.1, 0.15) is 0 Å². The molecule has 2 rings (SSSR count). The maximum Gasteiger partial charge on any atom is 0.392 e. The third-order valence-electron chi connectivity index (χ3n) is 3.54. The van der Waals surface area contributed by atoms with Crippen LogP contribution in [0, 0.1) is 5.92 Å². The van der Waals surface area contributed by atoms with Crippen LogP contribution in [0.1, 0.15) is 37.3 Å². The van der Waals surface area contributed by atoms with Gasteiger partial charge in [0.25, 0.3) is 0 Å². The molecule has 0 nitrogen and oxygen atoms in total. The highest BCUT2D eigenvalue weighted by Gasteiger charge is 2.39. The quantitative estimate of drug-likeness (QED) is 0.533. The smallest absolute Gasteiger partial charge is 0.171 e. The largest absolute Gasteiger partial charge is 0.392 e. The Hall–Kier alpha value is -1.16. The fraction of sp³-hybridized carbons (Fsp3) is 0.400. The predicted molar refractivity (Wildman–Crippen MR) is 75.2 cm³/mol. The summed E-state index contributed by atoms with van der Waals surface area (Å²) < 4.78 is 37.7. The maximum absolute atomic E-state index is 12.6. The predicted octanol–water partition coefficient (Wildman–Crippen LogP) is 5.17. The second-order valence-corrected chi connectivity index (χ2v) is 5.49. The van der Waals surface area contributed by atoms with Crippen molar-refractivity contribution in [3.8, 4) is 0 Å². The molecular formula is C15H15F3S. The van der Waals surface area contributed by atoms with Crippen molar-refractivity contribution in [3.05, 3.63) is 41.5 Å². The first-order valence-corrected chi connectivity index (χ1v) is 6.66. The van der Waals surface area contributed by atoms with E-state index in [0.29, 0.717) is 6.42 Å². The third-order valence-corrected chi connectivity index (χ3v) is 3.77. The molecule has 0 amide bonds. The Morgan fingerprint density at radius 2 is 1.84 bits per heavy atom. The monoisotopic (exact) mass is 284 g/mol. The van der Waals surface area contributed by atoms with Crippen LogP contribution in [0.15, 0.2) is 30.3 Å². The summed E-state index contributed by atoms with van der Waals surface area (Å²) in [4.78, 5) is 0.821. The van der Waals surface area contributed by atoms with E-state index in [1.165, 1.54) is 0 Å². The maximum atomic E-state index is 12.6. The van der Waals surface area contributed by atoms with E-state index in [-0.39, 0.29) is 12.8 Å². The van der Waals surface area contributed by atoms with E-state index in [2.05, 4.69) is 0 Å². The minimum absolute atomic E-state index is 0.0901. The molecule has 0 saturated heterocycles. The number of benzene rings is 1. The van der Waals surface area contributed by atoms with Gasteiger partial charge in [-0.1, -0.05) is 42.6 Å². The highest BCUT2D eigenvalue weighted by Crippen LogP contribution is 2.39. The molecule has 0 heterocycles. The standard InChI is InChI=1S/C15H15F3S/c1-10(19)11-2-4-12(5-3-11)13-6-8-14(9-7-13)15(16,17)18/h2-6,14H,7-9H2,1H3.